The zero-order chi connectivity index (χ0) is 11.4. The molecule has 1 aliphatic rings. The quantitative estimate of drug-likeness (QED) is 0.727. The Hall–Kier alpha value is -0.190. The number of rotatable bonds is 4. The molecule has 1 fully saturated rings. The molecule has 1 heterocycles. The van der Waals surface area contributed by atoms with E-state index in [9.17, 15) is 0 Å². The summed E-state index contributed by atoms with van der Waals surface area (Å²) in [5.41, 5.74) is 5.64. The number of likely N-dealkylation sites (N-methyl/N-ethyl adjacent to an activating group) is 1. The van der Waals surface area contributed by atoms with E-state index in [0.717, 1.165) is 26.2 Å². The second-order valence-electron chi connectivity index (χ2n) is 4.54. The monoisotopic (exact) mass is 229 g/mol. The Balaban J connectivity index is 2.37. The molecule has 1 saturated heterocycles. The van der Waals surface area contributed by atoms with Gasteiger partial charge in [-0.3, -0.25) is 9.80 Å². The minimum Gasteiger partial charge on any atom is -0.393 e. The van der Waals surface area contributed by atoms with E-state index in [2.05, 4.69) is 30.6 Å². The maximum atomic E-state index is 5.64. The van der Waals surface area contributed by atoms with Crippen molar-refractivity contribution in [3.05, 3.63) is 0 Å². The molecule has 0 aliphatic carbocycles. The van der Waals surface area contributed by atoms with Crippen LogP contribution >= 0.6 is 12.2 Å². The smallest absolute Gasteiger partial charge is 0.0768 e. The lowest BCUT2D eigenvalue weighted by Gasteiger charge is -2.40. The molecular weight excluding hydrogens is 206 g/mol. The Morgan fingerprint density at radius 3 is 2.67 bits per heavy atom. The van der Waals surface area contributed by atoms with Crippen LogP contribution in [-0.2, 0) is 0 Å². The second-order valence-corrected chi connectivity index (χ2v) is 5.01. The fourth-order valence-electron chi connectivity index (χ4n) is 2.18. The van der Waals surface area contributed by atoms with Gasteiger partial charge in [-0.25, -0.2) is 0 Å². The van der Waals surface area contributed by atoms with E-state index >= 15 is 0 Å². The van der Waals surface area contributed by atoms with Crippen LogP contribution in [0.25, 0.3) is 0 Å². The lowest BCUT2D eigenvalue weighted by molar-refractivity contribution is 0.0842. The van der Waals surface area contributed by atoms with Gasteiger partial charge < -0.3 is 5.73 Å². The highest BCUT2D eigenvalue weighted by atomic mass is 32.1. The molecule has 0 spiro atoms. The standard InChI is InChI=1S/C11H23N3S/c1-4-14-6-5-13(8-10(14)3)7-9(2)11(12)15/h9-10H,4-8H2,1-3H3,(H2,12,15). The van der Waals surface area contributed by atoms with Crippen molar-refractivity contribution in [1.29, 1.82) is 0 Å². The number of hydrogen-bond donors (Lipinski definition) is 1. The Labute approximate surface area is 98.6 Å². The van der Waals surface area contributed by atoms with Crippen LogP contribution in [0.5, 0.6) is 0 Å². The molecule has 0 saturated carbocycles. The van der Waals surface area contributed by atoms with Gasteiger partial charge in [0, 0.05) is 38.1 Å². The van der Waals surface area contributed by atoms with Crippen LogP contribution in [0.1, 0.15) is 20.8 Å². The SMILES string of the molecule is CCN1CCN(CC(C)C(N)=S)CC1C. The molecule has 2 N–H and O–H groups in total. The van der Waals surface area contributed by atoms with E-state index in [1.54, 1.807) is 0 Å². The summed E-state index contributed by atoms with van der Waals surface area (Å²) in [5, 5.41) is 0. The Morgan fingerprint density at radius 1 is 1.53 bits per heavy atom. The molecule has 3 nitrogen and oxygen atoms in total. The summed E-state index contributed by atoms with van der Waals surface area (Å²) >= 11 is 5.00. The lowest BCUT2D eigenvalue weighted by atomic mass is 10.1. The predicted molar refractivity (Wildman–Crippen MR) is 69.1 cm³/mol. The zero-order valence-corrected chi connectivity index (χ0v) is 10.9. The van der Waals surface area contributed by atoms with E-state index in [0.29, 0.717) is 16.9 Å². The highest BCUT2D eigenvalue weighted by molar-refractivity contribution is 7.80. The third-order valence-electron chi connectivity index (χ3n) is 3.27. The van der Waals surface area contributed by atoms with Crippen molar-refractivity contribution in [2.75, 3.05) is 32.7 Å². The third-order valence-corrected chi connectivity index (χ3v) is 3.68. The summed E-state index contributed by atoms with van der Waals surface area (Å²) in [6, 6.07) is 0.655. The maximum absolute atomic E-state index is 5.64. The molecule has 0 aromatic heterocycles. The minimum atomic E-state index is 0.334. The Kier molecular flexibility index (Phi) is 4.96. The third kappa shape index (κ3) is 3.70. The van der Waals surface area contributed by atoms with Crippen LogP contribution in [-0.4, -0.2) is 53.6 Å². The summed E-state index contributed by atoms with van der Waals surface area (Å²) in [5.74, 6) is 0.334. The molecular formula is C11H23N3S. The van der Waals surface area contributed by atoms with Crippen LogP contribution in [0.15, 0.2) is 0 Å². The van der Waals surface area contributed by atoms with Gasteiger partial charge in [0.1, 0.15) is 0 Å². The second kappa shape index (κ2) is 5.77. The van der Waals surface area contributed by atoms with Gasteiger partial charge in [-0.1, -0.05) is 26.1 Å². The van der Waals surface area contributed by atoms with Gasteiger partial charge in [0.25, 0.3) is 0 Å². The number of piperazine rings is 1. The summed E-state index contributed by atoms with van der Waals surface area (Å²) in [7, 11) is 0. The Morgan fingerprint density at radius 2 is 2.20 bits per heavy atom. The van der Waals surface area contributed by atoms with Gasteiger partial charge in [-0.05, 0) is 13.5 Å². The van der Waals surface area contributed by atoms with Gasteiger partial charge in [0.2, 0.25) is 0 Å². The first-order valence-electron chi connectivity index (χ1n) is 5.80. The van der Waals surface area contributed by atoms with Gasteiger partial charge in [-0.15, -0.1) is 0 Å². The molecule has 15 heavy (non-hydrogen) atoms. The zero-order valence-electron chi connectivity index (χ0n) is 10.1. The first-order valence-corrected chi connectivity index (χ1v) is 6.21. The van der Waals surface area contributed by atoms with Crippen LogP contribution in [0.4, 0.5) is 0 Å². The average Bonchev–Trinajstić information content (AvgIpc) is 2.18. The van der Waals surface area contributed by atoms with Gasteiger partial charge in [0.05, 0.1) is 4.99 Å². The number of thiocarbonyl (C=S) groups is 1. The molecule has 2 unspecified atom stereocenters. The predicted octanol–water partition coefficient (Wildman–Crippen LogP) is 0.935. The fraction of sp³-hybridized carbons (Fsp3) is 0.909. The molecule has 0 radical (unpaired) electrons. The fourth-order valence-corrected chi connectivity index (χ4v) is 2.26. The summed E-state index contributed by atoms with van der Waals surface area (Å²) in [6.45, 7) is 12.2. The van der Waals surface area contributed by atoms with E-state index in [1.165, 1.54) is 6.54 Å². The van der Waals surface area contributed by atoms with Crippen molar-refractivity contribution < 1.29 is 0 Å². The molecule has 1 rings (SSSR count). The number of hydrogen-bond acceptors (Lipinski definition) is 3. The molecule has 88 valence electrons. The van der Waals surface area contributed by atoms with E-state index < -0.39 is 0 Å². The highest BCUT2D eigenvalue weighted by Crippen LogP contribution is 2.10. The molecule has 1 aliphatic heterocycles. The van der Waals surface area contributed by atoms with Crippen molar-refractivity contribution in [2.24, 2.45) is 11.7 Å². The molecule has 0 amide bonds. The van der Waals surface area contributed by atoms with Crippen molar-refractivity contribution in [3.63, 3.8) is 0 Å². The van der Waals surface area contributed by atoms with Gasteiger partial charge in [0.15, 0.2) is 0 Å². The molecule has 4 heteroatoms. The minimum absolute atomic E-state index is 0.334. The topological polar surface area (TPSA) is 32.5 Å². The van der Waals surface area contributed by atoms with Gasteiger partial charge in [-0.2, -0.15) is 0 Å². The normalized spacial score (nSPS) is 26.5. The first kappa shape index (κ1) is 12.9. The summed E-state index contributed by atoms with van der Waals surface area (Å²) < 4.78 is 0. The van der Waals surface area contributed by atoms with E-state index in [-0.39, 0.29) is 0 Å². The van der Waals surface area contributed by atoms with Crippen LogP contribution in [0.3, 0.4) is 0 Å². The first-order chi connectivity index (χ1) is 7.04. The van der Waals surface area contributed by atoms with E-state index in [4.69, 9.17) is 18.0 Å². The maximum Gasteiger partial charge on any atom is 0.0768 e. The summed E-state index contributed by atoms with van der Waals surface area (Å²) in [4.78, 5) is 5.63. The highest BCUT2D eigenvalue weighted by Gasteiger charge is 2.23. The molecule has 0 bridgehead atoms. The largest absolute Gasteiger partial charge is 0.393 e. The lowest BCUT2D eigenvalue weighted by Crippen LogP contribution is -2.53. The van der Waals surface area contributed by atoms with Crippen molar-refractivity contribution >= 4 is 17.2 Å². The van der Waals surface area contributed by atoms with E-state index in [1.807, 2.05) is 0 Å². The van der Waals surface area contributed by atoms with Crippen LogP contribution < -0.4 is 5.73 Å². The molecule has 0 aromatic carbocycles. The summed E-state index contributed by atoms with van der Waals surface area (Å²) in [6.07, 6.45) is 0. The average molecular weight is 229 g/mol. The molecule has 0 aromatic rings. The number of nitrogens with two attached hydrogens (primary N) is 1. The van der Waals surface area contributed by atoms with Crippen molar-refractivity contribution in [2.45, 2.75) is 26.8 Å². The van der Waals surface area contributed by atoms with Crippen molar-refractivity contribution in [1.82, 2.24) is 9.80 Å². The van der Waals surface area contributed by atoms with Gasteiger partial charge >= 0.3 is 0 Å². The number of nitrogens with zero attached hydrogens (tertiary/aromatic N) is 2. The van der Waals surface area contributed by atoms with Crippen LogP contribution in [0, 0.1) is 5.92 Å². The van der Waals surface area contributed by atoms with Crippen LogP contribution in [0.2, 0.25) is 0 Å². The molecule has 2 atom stereocenters. The van der Waals surface area contributed by atoms with Crippen molar-refractivity contribution in [3.8, 4) is 0 Å². The Bertz CT molecular complexity index is 220.